The molecule has 5 aromatic carbocycles. The first-order chi connectivity index (χ1) is 25.8. The summed E-state index contributed by atoms with van der Waals surface area (Å²) in [5, 5.41) is 9.29. The molecule has 0 radical (unpaired) electrons. The first kappa shape index (κ1) is 38.3. The minimum Gasteiger partial charge on any atom is -0.487 e. The van der Waals surface area contributed by atoms with Crippen LogP contribution in [0.2, 0.25) is 5.02 Å². The monoisotopic (exact) mass is 788 g/mol. The van der Waals surface area contributed by atoms with Crippen molar-refractivity contribution in [2.24, 2.45) is 0 Å². The van der Waals surface area contributed by atoms with Gasteiger partial charge in [0.05, 0.1) is 27.7 Å². The van der Waals surface area contributed by atoms with Gasteiger partial charge in [-0.15, -0.1) is 0 Å². The SMILES string of the molecule is CS(=O)(=O)CCNCc1ccc(-c2ccc3ncnc(Nc4ccc(OCc5cccc(F)c5)c(Cl)c4)c3c2)o1.O=S(=O)(O)c1ccc2ccccc2c1. The molecule has 15 heteroatoms. The molecular weight excluding hydrogens is 755 g/mol. The van der Waals surface area contributed by atoms with Crippen LogP contribution in [0.3, 0.4) is 0 Å². The lowest BCUT2D eigenvalue weighted by Gasteiger charge is -2.12. The van der Waals surface area contributed by atoms with Crippen LogP contribution in [0.4, 0.5) is 15.9 Å². The fourth-order valence-electron chi connectivity index (χ4n) is 5.35. The first-order valence-corrected chi connectivity index (χ1v) is 20.3. The molecule has 0 fully saturated rings. The lowest BCUT2D eigenvalue weighted by atomic mass is 10.1. The molecule has 2 aromatic heterocycles. The number of hydrogen-bond acceptors (Lipinski definition) is 10. The third kappa shape index (κ3) is 10.4. The molecule has 3 N–H and O–H groups in total. The largest absolute Gasteiger partial charge is 0.487 e. The van der Waals surface area contributed by atoms with Gasteiger partial charge in [-0.3, -0.25) is 4.55 Å². The Kier molecular flexibility index (Phi) is 11.9. The van der Waals surface area contributed by atoms with E-state index in [2.05, 4.69) is 20.6 Å². The molecule has 0 unspecified atom stereocenters. The highest BCUT2D eigenvalue weighted by Gasteiger charge is 2.12. The van der Waals surface area contributed by atoms with E-state index in [9.17, 15) is 21.2 Å². The maximum absolute atomic E-state index is 13.4. The molecule has 0 aliphatic rings. The van der Waals surface area contributed by atoms with Crippen LogP contribution in [-0.4, -0.2) is 49.9 Å². The van der Waals surface area contributed by atoms with Gasteiger partial charge in [0.2, 0.25) is 0 Å². The molecule has 7 rings (SSSR count). The highest BCUT2D eigenvalue weighted by atomic mass is 35.5. The molecule has 7 aromatic rings. The van der Waals surface area contributed by atoms with Gasteiger partial charge in [0.25, 0.3) is 10.1 Å². The number of nitrogens with zero attached hydrogens (tertiary/aromatic N) is 2. The maximum atomic E-state index is 13.4. The zero-order valence-electron chi connectivity index (χ0n) is 28.7. The predicted octanol–water partition coefficient (Wildman–Crippen LogP) is 8.23. The zero-order chi connectivity index (χ0) is 38.3. The number of anilines is 2. The van der Waals surface area contributed by atoms with E-state index in [0.717, 1.165) is 27.2 Å². The van der Waals surface area contributed by atoms with Gasteiger partial charge in [0.15, 0.2) is 0 Å². The average Bonchev–Trinajstić information content (AvgIpc) is 3.61. The summed E-state index contributed by atoms with van der Waals surface area (Å²) < 4.78 is 78.3. The van der Waals surface area contributed by atoms with Crippen molar-refractivity contribution in [3.8, 4) is 17.1 Å². The van der Waals surface area contributed by atoms with Gasteiger partial charge in [-0.1, -0.05) is 54.1 Å². The Labute approximate surface area is 316 Å². The Morgan fingerprint density at radius 1 is 0.852 bits per heavy atom. The molecule has 0 aliphatic carbocycles. The van der Waals surface area contributed by atoms with Gasteiger partial charge in [0.1, 0.15) is 51.7 Å². The van der Waals surface area contributed by atoms with Crippen LogP contribution in [-0.2, 0) is 33.1 Å². The molecule has 0 atom stereocenters. The summed E-state index contributed by atoms with van der Waals surface area (Å²) in [7, 11) is -7.11. The van der Waals surface area contributed by atoms with E-state index >= 15 is 0 Å². The molecule has 2 heterocycles. The number of halogens is 2. The minimum atomic E-state index is -4.09. The van der Waals surface area contributed by atoms with Crippen molar-refractivity contribution in [3.63, 3.8) is 0 Å². The Balaban J connectivity index is 0.000000297. The second-order valence-electron chi connectivity index (χ2n) is 12.2. The van der Waals surface area contributed by atoms with Gasteiger partial charge in [-0.25, -0.2) is 22.8 Å². The second kappa shape index (κ2) is 16.7. The molecule has 11 nitrogen and oxygen atoms in total. The Morgan fingerprint density at radius 2 is 1.67 bits per heavy atom. The van der Waals surface area contributed by atoms with E-state index < -0.39 is 20.0 Å². The third-order valence-corrected chi connectivity index (χ3v) is 10.1. The number of nitrogens with one attached hydrogen (secondary N) is 2. The van der Waals surface area contributed by atoms with E-state index in [4.69, 9.17) is 25.3 Å². The van der Waals surface area contributed by atoms with Crippen molar-refractivity contribution in [2.45, 2.75) is 18.0 Å². The number of hydrogen-bond donors (Lipinski definition) is 3. The Bertz CT molecular complexity index is 2660. The highest BCUT2D eigenvalue weighted by Crippen LogP contribution is 2.33. The van der Waals surface area contributed by atoms with Gasteiger partial charge < -0.3 is 19.8 Å². The van der Waals surface area contributed by atoms with E-state index in [-0.39, 0.29) is 23.1 Å². The number of ether oxygens (including phenoxy) is 1. The molecule has 0 spiro atoms. The summed E-state index contributed by atoms with van der Waals surface area (Å²) in [5.41, 5.74) is 2.99. The highest BCUT2D eigenvalue weighted by molar-refractivity contribution is 7.90. The van der Waals surface area contributed by atoms with Crippen LogP contribution in [0.5, 0.6) is 5.75 Å². The smallest absolute Gasteiger partial charge is 0.294 e. The number of benzene rings is 5. The van der Waals surface area contributed by atoms with Crippen LogP contribution in [0.25, 0.3) is 33.0 Å². The van der Waals surface area contributed by atoms with E-state index in [1.165, 1.54) is 36.8 Å². The van der Waals surface area contributed by atoms with Crippen molar-refractivity contribution in [2.75, 3.05) is 23.9 Å². The standard InChI is InChI=1S/C29H26ClFN4O4S.C10H8O3S/c1-40(36,37)12-11-32-16-23-7-10-27(39-23)20-5-8-26-24(14-20)29(34-18-33-26)35-22-6-9-28(25(30)15-22)38-17-19-3-2-4-21(31)13-19;11-14(12,13)10-6-5-8-3-1-2-4-9(8)7-10/h2-10,13-15,18,32H,11-12,16-17H2,1H3,(H,33,34,35);1-7H,(H,11,12,13). The Morgan fingerprint density at radius 3 is 2.43 bits per heavy atom. The summed E-state index contributed by atoms with van der Waals surface area (Å²) in [6.45, 7) is 0.956. The van der Waals surface area contributed by atoms with Gasteiger partial charge in [0, 0.05) is 29.4 Å². The molecular formula is C39H34ClFN4O7S2. The van der Waals surface area contributed by atoms with Crippen molar-refractivity contribution in [1.82, 2.24) is 15.3 Å². The van der Waals surface area contributed by atoms with Crippen LogP contribution in [0, 0.1) is 5.82 Å². The van der Waals surface area contributed by atoms with Crippen LogP contribution in [0.1, 0.15) is 11.3 Å². The van der Waals surface area contributed by atoms with Crippen molar-refractivity contribution in [3.05, 3.63) is 144 Å². The van der Waals surface area contributed by atoms with Crippen LogP contribution in [0.15, 0.2) is 131 Å². The lowest BCUT2D eigenvalue weighted by Crippen LogP contribution is -2.21. The topological polar surface area (TPSA) is 161 Å². The van der Waals surface area contributed by atoms with E-state index in [1.54, 1.807) is 36.4 Å². The quantitative estimate of drug-likeness (QED) is 0.0808. The first-order valence-electron chi connectivity index (χ1n) is 16.4. The second-order valence-corrected chi connectivity index (χ2v) is 16.3. The normalized spacial score (nSPS) is 11.6. The zero-order valence-corrected chi connectivity index (χ0v) is 31.1. The maximum Gasteiger partial charge on any atom is 0.294 e. The average molecular weight is 789 g/mol. The van der Waals surface area contributed by atoms with Crippen molar-refractivity contribution < 1.29 is 34.9 Å². The fraction of sp³-hybridized carbons (Fsp3) is 0.128. The number of rotatable bonds is 12. The Hall–Kier alpha value is -5.38. The predicted molar refractivity (Wildman–Crippen MR) is 208 cm³/mol. The number of aromatic nitrogens is 2. The lowest BCUT2D eigenvalue weighted by molar-refractivity contribution is 0.306. The fourth-order valence-corrected chi connectivity index (χ4v) is 6.62. The number of furan rings is 1. The molecule has 0 saturated carbocycles. The number of fused-ring (bicyclic) bond motifs is 2. The minimum absolute atomic E-state index is 0.0664. The summed E-state index contributed by atoms with van der Waals surface area (Å²) in [5.74, 6) is 2.17. The van der Waals surface area contributed by atoms with Crippen molar-refractivity contribution in [1.29, 1.82) is 0 Å². The van der Waals surface area contributed by atoms with Gasteiger partial charge in [-0.2, -0.15) is 8.42 Å². The molecule has 0 saturated heterocycles. The third-order valence-electron chi connectivity index (χ3n) is 8.03. The molecule has 0 aliphatic heterocycles. The summed E-state index contributed by atoms with van der Waals surface area (Å²) >= 11 is 6.47. The van der Waals surface area contributed by atoms with Gasteiger partial charge in [-0.05, 0) is 89.1 Å². The van der Waals surface area contributed by atoms with E-state index in [0.29, 0.717) is 52.5 Å². The molecule has 0 amide bonds. The van der Waals surface area contributed by atoms with Crippen LogP contribution >= 0.6 is 11.6 Å². The molecule has 278 valence electrons. The van der Waals surface area contributed by atoms with Crippen molar-refractivity contribution >= 4 is 64.7 Å². The van der Waals surface area contributed by atoms with Gasteiger partial charge >= 0.3 is 0 Å². The van der Waals surface area contributed by atoms with Crippen LogP contribution < -0.4 is 15.4 Å². The summed E-state index contributed by atoms with van der Waals surface area (Å²) in [6.07, 6.45) is 2.69. The molecule has 54 heavy (non-hydrogen) atoms. The summed E-state index contributed by atoms with van der Waals surface area (Å²) in [4.78, 5) is 8.72. The van der Waals surface area contributed by atoms with E-state index in [1.807, 2.05) is 54.6 Å². The number of sulfone groups is 1. The summed E-state index contributed by atoms with van der Waals surface area (Å²) in [6, 6.07) is 32.8. The molecule has 0 bridgehead atoms.